The van der Waals surface area contributed by atoms with Crippen LogP contribution in [0.25, 0.3) is 0 Å². The van der Waals surface area contributed by atoms with E-state index in [0.717, 1.165) is 6.42 Å². The predicted molar refractivity (Wildman–Crippen MR) is 110 cm³/mol. The average molecular weight is 383 g/mol. The van der Waals surface area contributed by atoms with Crippen molar-refractivity contribution in [2.75, 3.05) is 0 Å². The third-order valence-corrected chi connectivity index (χ3v) is 4.95. The molecular formula is C24H30O4. The molecule has 4 heteroatoms. The summed E-state index contributed by atoms with van der Waals surface area (Å²) in [5, 5.41) is 0. The summed E-state index contributed by atoms with van der Waals surface area (Å²) in [7, 11) is 0. The first-order chi connectivity index (χ1) is 13.5. The highest BCUT2D eigenvalue weighted by Gasteiger charge is 2.35. The molecule has 0 radical (unpaired) electrons. The van der Waals surface area contributed by atoms with Crippen molar-refractivity contribution < 1.29 is 19.1 Å². The topological polar surface area (TPSA) is 52.6 Å². The van der Waals surface area contributed by atoms with Crippen LogP contribution >= 0.6 is 0 Å². The van der Waals surface area contributed by atoms with Gasteiger partial charge in [0.1, 0.15) is 12.2 Å². The quantitative estimate of drug-likeness (QED) is 0.535. The van der Waals surface area contributed by atoms with Gasteiger partial charge in [-0.1, -0.05) is 64.1 Å². The molecule has 0 amide bonds. The number of hydrogen-bond donors (Lipinski definition) is 0. The Labute approximate surface area is 167 Å². The minimum absolute atomic E-state index is 0.0784. The van der Waals surface area contributed by atoms with Crippen molar-refractivity contribution in [2.45, 2.75) is 52.7 Å². The van der Waals surface area contributed by atoms with Crippen molar-refractivity contribution in [3.63, 3.8) is 0 Å². The van der Waals surface area contributed by atoms with E-state index in [4.69, 9.17) is 9.47 Å². The fourth-order valence-corrected chi connectivity index (χ4v) is 3.44. The minimum Gasteiger partial charge on any atom is -0.458 e. The SMILES string of the molecule is CCC(OC(=O)c1ccccc1)C(CC)C(OC(=O)c1ccccc1)C(C)C. The van der Waals surface area contributed by atoms with Crippen LogP contribution in [0.3, 0.4) is 0 Å². The molecule has 2 aromatic rings. The Bertz CT molecular complexity index is 740. The molecule has 0 aliphatic carbocycles. The molecule has 150 valence electrons. The monoisotopic (exact) mass is 382 g/mol. The van der Waals surface area contributed by atoms with Gasteiger partial charge in [0.15, 0.2) is 0 Å². The lowest BCUT2D eigenvalue weighted by molar-refractivity contribution is -0.0492. The molecule has 0 spiro atoms. The van der Waals surface area contributed by atoms with Gasteiger partial charge in [0.05, 0.1) is 11.1 Å². The smallest absolute Gasteiger partial charge is 0.338 e. The van der Waals surface area contributed by atoms with Gasteiger partial charge in [-0.2, -0.15) is 0 Å². The zero-order chi connectivity index (χ0) is 20.5. The normalized spacial score (nSPS) is 14.2. The largest absolute Gasteiger partial charge is 0.458 e. The lowest BCUT2D eigenvalue weighted by Gasteiger charge is -2.34. The molecule has 0 saturated heterocycles. The number of hydrogen-bond acceptors (Lipinski definition) is 4. The molecule has 0 fully saturated rings. The van der Waals surface area contributed by atoms with E-state index in [1.807, 2.05) is 64.1 Å². The molecule has 28 heavy (non-hydrogen) atoms. The molecule has 0 aromatic heterocycles. The zero-order valence-corrected chi connectivity index (χ0v) is 17.1. The maximum Gasteiger partial charge on any atom is 0.338 e. The summed E-state index contributed by atoms with van der Waals surface area (Å²) in [4.78, 5) is 25.1. The van der Waals surface area contributed by atoms with Gasteiger partial charge in [0.25, 0.3) is 0 Å². The van der Waals surface area contributed by atoms with Gasteiger partial charge in [0.2, 0.25) is 0 Å². The van der Waals surface area contributed by atoms with Gasteiger partial charge in [0, 0.05) is 5.92 Å². The molecule has 4 nitrogen and oxygen atoms in total. The Morgan fingerprint density at radius 2 is 1.21 bits per heavy atom. The van der Waals surface area contributed by atoms with Crippen molar-refractivity contribution in [1.82, 2.24) is 0 Å². The first kappa shape index (κ1) is 21.7. The minimum atomic E-state index is -0.345. The molecule has 2 rings (SSSR count). The fourth-order valence-electron chi connectivity index (χ4n) is 3.44. The first-order valence-electron chi connectivity index (χ1n) is 9.99. The van der Waals surface area contributed by atoms with Gasteiger partial charge >= 0.3 is 11.9 Å². The van der Waals surface area contributed by atoms with Crippen molar-refractivity contribution in [1.29, 1.82) is 0 Å². The van der Waals surface area contributed by atoms with Gasteiger partial charge in [-0.05, 0) is 43.0 Å². The van der Waals surface area contributed by atoms with Crippen LogP contribution in [0.15, 0.2) is 60.7 Å². The summed E-state index contributed by atoms with van der Waals surface area (Å²) in [6, 6.07) is 17.9. The maximum atomic E-state index is 12.6. The summed E-state index contributed by atoms with van der Waals surface area (Å²) < 4.78 is 11.7. The molecule has 0 N–H and O–H groups in total. The van der Waals surface area contributed by atoms with E-state index >= 15 is 0 Å². The Balaban J connectivity index is 2.16. The maximum absolute atomic E-state index is 12.6. The highest BCUT2D eigenvalue weighted by Crippen LogP contribution is 2.28. The van der Waals surface area contributed by atoms with E-state index in [-0.39, 0.29) is 36.0 Å². The molecule has 0 saturated carbocycles. The third kappa shape index (κ3) is 5.69. The Kier molecular flexibility index (Phi) is 8.24. The number of carbonyl (C=O) groups is 2. The highest BCUT2D eigenvalue weighted by molar-refractivity contribution is 5.90. The van der Waals surface area contributed by atoms with E-state index < -0.39 is 0 Å². The van der Waals surface area contributed by atoms with E-state index in [9.17, 15) is 9.59 Å². The van der Waals surface area contributed by atoms with E-state index in [0.29, 0.717) is 17.5 Å². The van der Waals surface area contributed by atoms with Crippen LogP contribution in [0.1, 0.15) is 61.3 Å². The molecule has 0 aliphatic rings. The number of ether oxygens (including phenoxy) is 2. The van der Waals surface area contributed by atoms with Crippen LogP contribution in [0.2, 0.25) is 0 Å². The first-order valence-corrected chi connectivity index (χ1v) is 9.99. The number of rotatable bonds is 9. The Hall–Kier alpha value is -2.62. The van der Waals surface area contributed by atoms with Crippen LogP contribution < -0.4 is 0 Å². The summed E-state index contributed by atoms with van der Waals surface area (Å²) >= 11 is 0. The average Bonchev–Trinajstić information content (AvgIpc) is 2.73. The van der Waals surface area contributed by atoms with Crippen LogP contribution in [0.5, 0.6) is 0 Å². The second-order valence-electron chi connectivity index (χ2n) is 7.27. The Morgan fingerprint density at radius 3 is 1.61 bits per heavy atom. The summed E-state index contributed by atoms with van der Waals surface area (Å²) in [5.74, 6) is -0.669. The van der Waals surface area contributed by atoms with Gasteiger partial charge in [-0.15, -0.1) is 0 Å². The molecule has 0 aliphatic heterocycles. The number of carbonyl (C=O) groups excluding carboxylic acids is 2. The standard InChI is InChI=1S/C24H30O4/c1-5-20(21(6-2)27-23(25)18-13-9-7-10-14-18)22(17(3)4)28-24(26)19-15-11-8-12-16-19/h7-17,20-22H,5-6H2,1-4H3. The van der Waals surface area contributed by atoms with Crippen molar-refractivity contribution >= 4 is 11.9 Å². The molecule has 2 aromatic carbocycles. The van der Waals surface area contributed by atoms with Crippen molar-refractivity contribution in [3.8, 4) is 0 Å². The number of benzene rings is 2. The predicted octanol–water partition coefficient (Wildman–Crippen LogP) is 5.53. The molecule has 0 heterocycles. The van der Waals surface area contributed by atoms with Crippen molar-refractivity contribution in [2.24, 2.45) is 11.8 Å². The second-order valence-corrected chi connectivity index (χ2v) is 7.27. The van der Waals surface area contributed by atoms with Crippen LogP contribution in [0, 0.1) is 11.8 Å². The van der Waals surface area contributed by atoms with Gasteiger partial charge < -0.3 is 9.47 Å². The van der Waals surface area contributed by atoms with Gasteiger partial charge in [-0.3, -0.25) is 0 Å². The zero-order valence-electron chi connectivity index (χ0n) is 17.1. The lowest BCUT2D eigenvalue weighted by atomic mass is 9.85. The molecule has 3 unspecified atom stereocenters. The van der Waals surface area contributed by atoms with Crippen molar-refractivity contribution in [3.05, 3.63) is 71.8 Å². The van der Waals surface area contributed by atoms with E-state index in [1.54, 1.807) is 24.3 Å². The molecular weight excluding hydrogens is 352 g/mol. The highest BCUT2D eigenvalue weighted by atomic mass is 16.6. The van der Waals surface area contributed by atoms with Crippen LogP contribution in [-0.4, -0.2) is 24.1 Å². The second kappa shape index (κ2) is 10.6. The van der Waals surface area contributed by atoms with E-state index in [2.05, 4.69) is 0 Å². The number of esters is 2. The lowest BCUT2D eigenvalue weighted by Crippen LogP contribution is -2.40. The third-order valence-electron chi connectivity index (χ3n) is 4.95. The summed E-state index contributed by atoms with van der Waals surface area (Å²) in [6.07, 6.45) is 0.731. The Morgan fingerprint density at radius 1 is 0.750 bits per heavy atom. The summed E-state index contributed by atoms with van der Waals surface area (Å²) in [5.41, 5.74) is 1.05. The molecule has 3 atom stereocenters. The van der Waals surface area contributed by atoms with Crippen LogP contribution in [-0.2, 0) is 9.47 Å². The summed E-state index contributed by atoms with van der Waals surface area (Å²) in [6.45, 7) is 8.08. The van der Waals surface area contributed by atoms with Gasteiger partial charge in [-0.25, -0.2) is 9.59 Å². The fraction of sp³-hybridized carbons (Fsp3) is 0.417. The van der Waals surface area contributed by atoms with E-state index in [1.165, 1.54) is 0 Å². The van der Waals surface area contributed by atoms with Crippen LogP contribution in [0.4, 0.5) is 0 Å². The molecule has 0 bridgehead atoms.